The van der Waals surface area contributed by atoms with Crippen LogP contribution in [0.4, 0.5) is 17.1 Å². The van der Waals surface area contributed by atoms with Crippen molar-refractivity contribution in [2.24, 2.45) is 0 Å². The number of anilines is 3. The van der Waals surface area contributed by atoms with Crippen molar-refractivity contribution in [1.29, 1.82) is 0 Å². The Morgan fingerprint density at radius 1 is 0.339 bits per heavy atom. The Bertz CT molecular complexity index is 1940. The molecule has 6 rings (SSSR count). The Labute approximate surface area is 349 Å². The van der Waals surface area contributed by atoms with Crippen molar-refractivity contribution in [3.63, 3.8) is 0 Å². The number of hydrogen-bond donors (Lipinski definition) is 0. The summed E-state index contributed by atoms with van der Waals surface area (Å²) in [4.78, 5) is 2.96. The standard InChI is InChI=1S/C48H54N3OPS3/c1-46(2,3)37-25-31-43(32-26-37)54-49(40-19-13-10-14-20-40)53(52,50(41-21-15-11-16-22-41)55-44-33-27-38(28-34-44)47(4,5)6)51(42-23-17-12-18-24-42)56-45-35-29-39(30-36-45)48(7,8)9/h10-36H,1-9H3. The lowest BCUT2D eigenvalue weighted by Gasteiger charge is -2.44. The van der Waals surface area contributed by atoms with E-state index in [2.05, 4.69) is 172 Å². The maximum atomic E-state index is 17.5. The summed E-state index contributed by atoms with van der Waals surface area (Å²) in [6.07, 6.45) is 0. The normalized spacial score (nSPS) is 12.3. The van der Waals surface area contributed by atoms with Crippen LogP contribution in [0.15, 0.2) is 178 Å². The maximum Gasteiger partial charge on any atom is 0.390 e. The highest BCUT2D eigenvalue weighted by Gasteiger charge is 2.47. The first-order valence-electron chi connectivity index (χ1n) is 19.1. The molecule has 6 aromatic rings. The van der Waals surface area contributed by atoms with Gasteiger partial charge in [-0.05, 0) is 142 Å². The third-order valence-corrected chi connectivity index (χ3v) is 16.7. The van der Waals surface area contributed by atoms with Crippen LogP contribution in [0.3, 0.4) is 0 Å². The predicted octanol–water partition coefficient (Wildman–Crippen LogP) is 15.6. The lowest BCUT2D eigenvalue weighted by molar-refractivity contribution is 0.579. The Morgan fingerprint density at radius 2 is 0.554 bits per heavy atom. The summed E-state index contributed by atoms with van der Waals surface area (Å²) < 4.78 is 23.7. The quantitative estimate of drug-likeness (QED) is 0.0897. The molecule has 0 atom stereocenters. The molecule has 0 fully saturated rings. The van der Waals surface area contributed by atoms with Crippen LogP contribution < -0.4 is 12.2 Å². The van der Waals surface area contributed by atoms with E-state index in [0.717, 1.165) is 31.7 Å². The Balaban J connectivity index is 1.61. The smallest absolute Gasteiger partial charge is 0.247 e. The largest absolute Gasteiger partial charge is 0.390 e. The lowest BCUT2D eigenvalue weighted by Crippen LogP contribution is -2.33. The first kappa shape index (κ1) is 41.6. The molecule has 0 unspecified atom stereocenters. The first-order chi connectivity index (χ1) is 26.5. The summed E-state index contributed by atoms with van der Waals surface area (Å²) in [6, 6.07) is 56.6. The van der Waals surface area contributed by atoms with E-state index in [0.29, 0.717) is 0 Å². The van der Waals surface area contributed by atoms with Gasteiger partial charge in [0.05, 0.1) is 17.1 Å². The summed E-state index contributed by atoms with van der Waals surface area (Å²) in [5.74, 6) is 0. The van der Waals surface area contributed by atoms with Gasteiger partial charge in [-0.15, -0.1) is 0 Å². The fraction of sp³-hybridized carbons (Fsp3) is 0.250. The number of nitrogens with zero attached hydrogens (tertiary/aromatic N) is 3. The van der Waals surface area contributed by atoms with Crippen molar-refractivity contribution in [2.75, 3.05) is 12.2 Å². The maximum absolute atomic E-state index is 17.5. The van der Waals surface area contributed by atoms with Crippen molar-refractivity contribution in [3.8, 4) is 0 Å². The molecule has 0 bridgehead atoms. The predicted molar refractivity (Wildman–Crippen MR) is 247 cm³/mol. The highest BCUT2D eigenvalue weighted by atomic mass is 32.2. The fourth-order valence-electron chi connectivity index (χ4n) is 6.00. The molecule has 56 heavy (non-hydrogen) atoms. The third-order valence-electron chi connectivity index (χ3n) is 9.38. The second-order valence-electron chi connectivity index (χ2n) is 16.9. The third kappa shape index (κ3) is 9.92. The van der Waals surface area contributed by atoms with Crippen molar-refractivity contribution in [3.05, 3.63) is 180 Å². The van der Waals surface area contributed by atoms with Gasteiger partial charge in [0.2, 0.25) is 0 Å². The van der Waals surface area contributed by atoms with Crippen molar-refractivity contribution in [1.82, 2.24) is 0 Å². The zero-order valence-electron chi connectivity index (χ0n) is 34.0. The highest BCUT2D eigenvalue weighted by molar-refractivity contribution is 8.18. The summed E-state index contributed by atoms with van der Waals surface area (Å²) in [7, 11) is -3.96. The Morgan fingerprint density at radius 3 is 0.750 bits per heavy atom. The van der Waals surface area contributed by atoms with Gasteiger partial charge in [-0.1, -0.05) is 153 Å². The van der Waals surface area contributed by atoms with Gasteiger partial charge >= 0.3 is 7.59 Å². The topological polar surface area (TPSA) is 26.8 Å². The van der Waals surface area contributed by atoms with Crippen molar-refractivity contribution < 1.29 is 4.57 Å². The molecule has 0 aliphatic carbocycles. The molecule has 0 heterocycles. The SMILES string of the molecule is CC(C)(C)c1ccc(SN(c2ccccc2)P(=O)(N(Sc2ccc(C(C)(C)C)cc2)c2ccccc2)N(Sc2ccc(C(C)(C)C)cc2)c2ccccc2)cc1. The molecule has 0 aromatic heterocycles. The average molecular weight is 816 g/mol. The molecular formula is C48H54N3OPS3. The van der Waals surface area contributed by atoms with E-state index < -0.39 is 7.59 Å². The van der Waals surface area contributed by atoms with Gasteiger partial charge in [0.1, 0.15) is 0 Å². The van der Waals surface area contributed by atoms with Gasteiger partial charge in [-0.2, -0.15) is 0 Å². The molecule has 0 saturated carbocycles. The van der Waals surface area contributed by atoms with E-state index in [1.165, 1.54) is 52.5 Å². The van der Waals surface area contributed by atoms with Crippen molar-refractivity contribution >= 4 is 60.5 Å². The van der Waals surface area contributed by atoms with Crippen LogP contribution in [0.2, 0.25) is 0 Å². The van der Waals surface area contributed by atoms with Gasteiger partial charge in [0.15, 0.2) is 0 Å². The summed E-state index contributed by atoms with van der Waals surface area (Å²) in [5, 5.41) is 0. The Hall–Kier alpha value is -4.00. The van der Waals surface area contributed by atoms with Crippen molar-refractivity contribution in [2.45, 2.75) is 93.2 Å². The molecule has 0 N–H and O–H groups in total. The molecule has 8 heteroatoms. The Kier molecular flexibility index (Phi) is 12.8. The van der Waals surface area contributed by atoms with E-state index >= 15 is 4.57 Å². The van der Waals surface area contributed by atoms with Gasteiger partial charge in [0, 0.05) is 14.7 Å². The van der Waals surface area contributed by atoms with E-state index in [4.69, 9.17) is 0 Å². The number of para-hydroxylation sites is 3. The molecule has 0 spiro atoms. The first-order valence-corrected chi connectivity index (χ1v) is 22.9. The molecular weight excluding hydrogens is 762 g/mol. The van der Waals surface area contributed by atoms with Gasteiger partial charge in [0.25, 0.3) is 0 Å². The molecule has 0 saturated heterocycles. The second kappa shape index (κ2) is 17.2. The monoisotopic (exact) mass is 815 g/mol. The minimum absolute atomic E-state index is 0.00415. The van der Waals surface area contributed by atoms with Crippen LogP contribution in [-0.2, 0) is 20.8 Å². The lowest BCUT2D eigenvalue weighted by atomic mass is 9.87. The van der Waals surface area contributed by atoms with Gasteiger partial charge < -0.3 is 0 Å². The summed E-state index contributed by atoms with van der Waals surface area (Å²) in [5.41, 5.74) is 6.24. The zero-order chi connectivity index (χ0) is 40.1. The summed E-state index contributed by atoms with van der Waals surface area (Å²) in [6.45, 7) is 20.0. The van der Waals surface area contributed by atoms with Crippen LogP contribution in [0.5, 0.6) is 0 Å². The molecule has 6 aromatic carbocycles. The zero-order valence-corrected chi connectivity index (χ0v) is 37.4. The van der Waals surface area contributed by atoms with Crippen LogP contribution in [0.1, 0.15) is 79.0 Å². The molecule has 0 aliphatic rings. The van der Waals surface area contributed by atoms with E-state index in [9.17, 15) is 0 Å². The van der Waals surface area contributed by atoms with E-state index in [1.807, 2.05) is 66.8 Å². The summed E-state index contributed by atoms with van der Waals surface area (Å²) >= 11 is 4.52. The van der Waals surface area contributed by atoms with Crippen LogP contribution in [0, 0.1) is 0 Å². The molecule has 4 nitrogen and oxygen atoms in total. The van der Waals surface area contributed by atoms with E-state index in [-0.39, 0.29) is 16.2 Å². The molecule has 0 aliphatic heterocycles. The fourth-order valence-corrected chi connectivity index (χ4v) is 13.7. The minimum Gasteiger partial charge on any atom is -0.247 e. The van der Waals surface area contributed by atoms with Gasteiger partial charge in [-0.3, -0.25) is 0 Å². The van der Waals surface area contributed by atoms with Crippen LogP contribution >= 0.6 is 43.4 Å². The second-order valence-corrected chi connectivity index (χ2v) is 23.0. The number of benzene rings is 6. The average Bonchev–Trinajstić information content (AvgIpc) is 3.18. The van der Waals surface area contributed by atoms with Crippen LogP contribution in [-0.4, -0.2) is 0 Å². The number of rotatable bonds is 12. The van der Waals surface area contributed by atoms with E-state index in [1.54, 1.807) is 0 Å². The van der Waals surface area contributed by atoms with Crippen LogP contribution in [0.25, 0.3) is 0 Å². The molecule has 0 amide bonds. The number of hydrogen-bond acceptors (Lipinski definition) is 4. The van der Waals surface area contributed by atoms with Gasteiger partial charge in [-0.25, -0.2) is 16.8 Å². The minimum atomic E-state index is -3.96. The highest BCUT2D eigenvalue weighted by Crippen LogP contribution is 2.69. The molecule has 290 valence electrons. The molecule has 0 radical (unpaired) electrons.